The number of nitrogens with zero attached hydrogens (tertiary/aromatic N) is 4. The molecule has 2 heterocycles. The summed E-state index contributed by atoms with van der Waals surface area (Å²) in [6.07, 6.45) is 4.07. The molecule has 0 radical (unpaired) electrons. The first-order valence-corrected chi connectivity index (χ1v) is 11.8. The molecule has 1 aliphatic heterocycles. The number of methoxy groups -OCH3 is 2. The van der Waals surface area contributed by atoms with E-state index in [1.165, 1.54) is 12.8 Å². The molecule has 9 nitrogen and oxygen atoms in total. The number of amides is 1. The van der Waals surface area contributed by atoms with Gasteiger partial charge in [0.1, 0.15) is 0 Å². The van der Waals surface area contributed by atoms with Gasteiger partial charge in [0.05, 0.1) is 20.8 Å². The molecular formula is C24H37N5O4. The minimum absolute atomic E-state index is 0.0761. The van der Waals surface area contributed by atoms with E-state index in [0.29, 0.717) is 36.3 Å². The van der Waals surface area contributed by atoms with Crippen LogP contribution in [0.2, 0.25) is 0 Å². The lowest BCUT2D eigenvalue weighted by Crippen LogP contribution is -2.42. The molecule has 0 bridgehead atoms. The minimum atomic E-state index is 0.0761. The van der Waals surface area contributed by atoms with Crippen LogP contribution >= 0.6 is 0 Å². The second-order valence-corrected chi connectivity index (χ2v) is 8.58. The molecule has 0 saturated carbocycles. The molecule has 0 unspecified atom stereocenters. The second kappa shape index (κ2) is 12.6. The van der Waals surface area contributed by atoms with Crippen LogP contribution in [0.5, 0.6) is 11.5 Å². The van der Waals surface area contributed by atoms with Crippen LogP contribution < -0.4 is 14.8 Å². The van der Waals surface area contributed by atoms with Gasteiger partial charge in [-0.05, 0) is 64.1 Å². The van der Waals surface area contributed by atoms with E-state index in [1.807, 2.05) is 18.2 Å². The summed E-state index contributed by atoms with van der Waals surface area (Å²) in [6.45, 7) is 7.12. The minimum Gasteiger partial charge on any atom is -0.493 e. The van der Waals surface area contributed by atoms with Gasteiger partial charge in [0.15, 0.2) is 11.5 Å². The summed E-state index contributed by atoms with van der Waals surface area (Å²) in [5.74, 6) is 2.61. The van der Waals surface area contributed by atoms with Gasteiger partial charge in [0.2, 0.25) is 17.6 Å². The first kappa shape index (κ1) is 25.0. The number of hydrogen-bond acceptors (Lipinski definition) is 8. The first-order chi connectivity index (χ1) is 16.0. The van der Waals surface area contributed by atoms with Crippen LogP contribution in [0.15, 0.2) is 22.7 Å². The van der Waals surface area contributed by atoms with Crippen molar-refractivity contribution in [1.82, 2.24) is 25.3 Å². The summed E-state index contributed by atoms with van der Waals surface area (Å²) in [6, 6.07) is 5.53. The number of ether oxygens (including phenoxy) is 2. The molecule has 1 fully saturated rings. The van der Waals surface area contributed by atoms with Crippen LogP contribution in [-0.4, -0.2) is 79.8 Å². The SMILES string of the molecule is CCCCN(C)CCNC(=O)C1CCN(Cc2nc(-c3ccc(OC)c(OC)c3)no2)CC1. The second-order valence-electron chi connectivity index (χ2n) is 8.58. The van der Waals surface area contributed by atoms with Crippen LogP contribution in [0.3, 0.4) is 0 Å². The van der Waals surface area contributed by atoms with Crippen molar-refractivity contribution < 1.29 is 18.8 Å². The van der Waals surface area contributed by atoms with Gasteiger partial charge in [-0.2, -0.15) is 4.98 Å². The molecule has 0 atom stereocenters. The van der Waals surface area contributed by atoms with Gasteiger partial charge in [-0.1, -0.05) is 18.5 Å². The fraction of sp³-hybridized carbons (Fsp3) is 0.625. The van der Waals surface area contributed by atoms with Crippen molar-refractivity contribution in [3.63, 3.8) is 0 Å². The number of aromatic nitrogens is 2. The number of rotatable bonds is 12. The Labute approximate surface area is 196 Å². The summed E-state index contributed by atoms with van der Waals surface area (Å²) in [7, 11) is 5.30. The Bertz CT molecular complexity index is 879. The summed E-state index contributed by atoms with van der Waals surface area (Å²) < 4.78 is 16.1. The highest BCUT2D eigenvalue weighted by atomic mass is 16.5. The molecule has 1 N–H and O–H groups in total. The van der Waals surface area contributed by atoms with E-state index in [-0.39, 0.29) is 11.8 Å². The molecular weight excluding hydrogens is 422 g/mol. The molecule has 182 valence electrons. The third kappa shape index (κ3) is 7.17. The molecule has 33 heavy (non-hydrogen) atoms. The zero-order valence-corrected chi connectivity index (χ0v) is 20.3. The molecule has 3 rings (SSSR count). The number of benzene rings is 1. The van der Waals surface area contributed by atoms with Crippen LogP contribution in [0.1, 0.15) is 38.5 Å². The van der Waals surface area contributed by atoms with Gasteiger partial charge >= 0.3 is 0 Å². The maximum atomic E-state index is 12.5. The van der Waals surface area contributed by atoms with Crippen molar-refractivity contribution in [2.24, 2.45) is 5.92 Å². The molecule has 2 aromatic rings. The summed E-state index contributed by atoms with van der Waals surface area (Å²) >= 11 is 0. The average molecular weight is 460 g/mol. The zero-order valence-electron chi connectivity index (χ0n) is 20.3. The highest BCUT2D eigenvalue weighted by Gasteiger charge is 2.26. The number of carbonyl (C=O) groups excluding carboxylic acids is 1. The van der Waals surface area contributed by atoms with E-state index in [2.05, 4.69) is 39.2 Å². The number of carbonyl (C=O) groups is 1. The molecule has 0 spiro atoms. The van der Waals surface area contributed by atoms with Crippen molar-refractivity contribution in [1.29, 1.82) is 0 Å². The smallest absolute Gasteiger partial charge is 0.241 e. The average Bonchev–Trinajstić information content (AvgIpc) is 3.31. The quantitative estimate of drug-likeness (QED) is 0.518. The normalized spacial score (nSPS) is 15.1. The van der Waals surface area contributed by atoms with Crippen molar-refractivity contribution in [3.8, 4) is 22.9 Å². The number of hydrogen-bond donors (Lipinski definition) is 1. The molecule has 0 aliphatic carbocycles. The van der Waals surface area contributed by atoms with Gasteiger partial charge < -0.3 is 24.2 Å². The fourth-order valence-corrected chi connectivity index (χ4v) is 4.01. The van der Waals surface area contributed by atoms with E-state index in [0.717, 1.165) is 44.6 Å². The van der Waals surface area contributed by atoms with Gasteiger partial charge in [-0.15, -0.1) is 0 Å². The van der Waals surface area contributed by atoms with E-state index in [9.17, 15) is 4.79 Å². The van der Waals surface area contributed by atoms with Crippen molar-refractivity contribution in [2.45, 2.75) is 39.2 Å². The van der Waals surface area contributed by atoms with Gasteiger partial charge in [0, 0.05) is 24.6 Å². The van der Waals surface area contributed by atoms with E-state index in [4.69, 9.17) is 14.0 Å². The zero-order chi connectivity index (χ0) is 23.6. The molecule has 1 aromatic carbocycles. The maximum absolute atomic E-state index is 12.5. The number of likely N-dealkylation sites (N-methyl/N-ethyl adjacent to an activating group) is 1. The van der Waals surface area contributed by atoms with Crippen LogP contribution in [0.4, 0.5) is 0 Å². The van der Waals surface area contributed by atoms with Gasteiger partial charge in [0.25, 0.3) is 0 Å². The summed E-state index contributed by atoms with van der Waals surface area (Å²) in [5, 5.41) is 7.22. The van der Waals surface area contributed by atoms with Crippen molar-refractivity contribution >= 4 is 5.91 Å². The largest absolute Gasteiger partial charge is 0.493 e. The molecule has 1 saturated heterocycles. The highest BCUT2D eigenvalue weighted by molar-refractivity contribution is 5.78. The van der Waals surface area contributed by atoms with Crippen LogP contribution in [0, 0.1) is 5.92 Å². The maximum Gasteiger partial charge on any atom is 0.241 e. The van der Waals surface area contributed by atoms with Gasteiger partial charge in [-0.3, -0.25) is 9.69 Å². The standard InChI is InChI=1S/C24H37N5O4/c1-5-6-12-28(2)15-11-25-24(30)18-9-13-29(14-10-18)17-22-26-23(27-33-22)19-7-8-20(31-3)21(16-19)32-4/h7-8,16,18H,5-6,9-15,17H2,1-4H3,(H,25,30). The topological polar surface area (TPSA) is 93.0 Å². The van der Waals surface area contributed by atoms with Crippen molar-refractivity contribution in [3.05, 3.63) is 24.1 Å². The van der Waals surface area contributed by atoms with Crippen molar-refractivity contribution in [2.75, 3.05) is 54.0 Å². The number of unbranched alkanes of at least 4 members (excludes halogenated alkanes) is 1. The summed E-state index contributed by atoms with van der Waals surface area (Å²) in [4.78, 5) is 21.6. The number of likely N-dealkylation sites (tertiary alicyclic amines) is 1. The Morgan fingerprint density at radius 2 is 1.97 bits per heavy atom. The van der Waals surface area contributed by atoms with E-state index in [1.54, 1.807) is 14.2 Å². The molecule has 1 amide bonds. The lowest BCUT2D eigenvalue weighted by molar-refractivity contribution is -0.126. The third-order valence-electron chi connectivity index (χ3n) is 6.11. The fourth-order valence-electron chi connectivity index (χ4n) is 4.01. The number of piperidine rings is 1. The Morgan fingerprint density at radius 3 is 2.67 bits per heavy atom. The highest BCUT2D eigenvalue weighted by Crippen LogP contribution is 2.31. The first-order valence-electron chi connectivity index (χ1n) is 11.8. The van der Waals surface area contributed by atoms with Crippen LogP contribution in [-0.2, 0) is 11.3 Å². The number of nitrogens with one attached hydrogen (secondary N) is 1. The Hall–Kier alpha value is -2.65. The molecule has 1 aliphatic rings. The predicted molar refractivity (Wildman–Crippen MR) is 126 cm³/mol. The Morgan fingerprint density at radius 1 is 1.21 bits per heavy atom. The third-order valence-corrected chi connectivity index (χ3v) is 6.11. The van der Waals surface area contributed by atoms with Gasteiger partial charge in [-0.25, -0.2) is 0 Å². The van der Waals surface area contributed by atoms with E-state index >= 15 is 0 Å². The van der Waals surface area contributed by atoms with Crippen LogP contribution in [0.25, 0.3) is 11.4 Å². The summed E-state index contributed by atoms with van der Waals surface area (Å²) in [5.41, 5.74) is 0.804. The molecule has 9 heteroatoms. The Balaban J connectivity index is 1.43. The predicted octanol–water partition coefficient (Wildman–Crippen LogP) is 2.81. The monoisotopic (exact) mass is 459 g/mol. The lowest BCUT2D eigenvalue weighted by Gasteiger charge is -2.30. The Kier molecular flexibility index (Phi) is 9.50. The molecule has 1 aromatic heterocycles. The lowest BCUT2D eigenvalue weighted by atomic mass is 9.96. The van der Waals surface area contributed by atoms with E-state index < -0.39 is 0 Å².